The number of rotatable bonds is 10. The van der Waals surface area contributed by atoms with Gasteiger partial charge in [0.2, 0.25) is 0 Å². The molecule has 0 aliphatic rings. The van der Waals surface area contributed by atoms with E-state index in [9.17, 15) is 0 Å². The summed E-state index contributed by atoms with van der Waals surface area (Å²) in [5.41, 5.74) is 7.99. The Kier molecular flexibility index (Phi) is 11.3. The van der Waals surface area contributed by atoms with Gasteiger partial charge in [0, 0.05) is 24.9 Å². The second-order valence-electron chi connectivity index (χ2n) is 5.66. The number of nitrogens with two attached hydrogens (primary N) is 1. The van der Waals surface area contributed by atoms with Gasteiger partial charge in [-0.3, -0.25) is 4.99 Å². The maximum Gasteiger partial charge on any atom is 0.193 e. The number of benzene rings is 2. The Morgan fingerprint density at radius 1 is 1.00 bits per heavy atom. The van der Waals surface area contributed by atoms with E-state index in [-0.39, 0.29) is 24.0 Å². The van der Waals surface area contributed by atoms with Crippen molar-refractivity contribution in [3.63, 3.8) is 0 Å². The van der Waals surface area contributed by atoms with Gasteiger partial charge in [-0.1, -0.05) is 30.3 Å². The van der Waals surface area contributed by atoms with Crippen molar-refractivity contribution in [2.24, 2.45) is 10.7 Å². The Morgan fingerprint density at radius 3 is 2.44 bits per heavy atom. The van der Waals surface area contributed by atoms with E-state index in [1.165, 1.54) is 5.56 Å². The molecule has 0 aromatic heterocycles. The molecule has 27 heavy (non-hydrogen) atoms. The molecule has 0 amide bonds. The average Bonchev–Trinajstić information content (AvgIpc) is 2.68. The quantitative estimate of drug-likeness (QED) is 0.232. The maximum atomic E-state index is 5.91. The Balaban J connectivity index is 0.00000364. The predicted octanol–water partition coefficient (Wildman–Crippen LogP) is 3.70. The van der Waals surface area contributed by atoms with Crippen molar-refractivity contribution in [3.05, 3.63) is 54.1 Å². The normalized spacial score (nSPS) is 10.8. The maximum absolute atomic E-state index is 5.91. The van der Waals surface area contributed by atoms with Crippen molar-refractivity contribution in [3.8, 4) is 11.5 Å². The van der Waals surface area contributed by atoms with Gasteiger partial charge in [0.05, 0.1) is 20.8 Å². The molecule has 0 unspecified atom stereocenters. The van der Waals surface area contributed by atoms with E-state index in [4.69, 9.17) is 19.9 Å². The van der Waals surface area contributed by atoms with Crippen LogP contribution in [-0.4, -0.2) is 39.9 Å². The summed E-state index contributed by atoms with van der Waals surface area (Å²) >= 11 is 0. The zero-order valence-electron chi connectivity index (χ0n) is 15.8. The molecule has 6 nitrogen and oxygen atoms in total. The van der Waals surface area contributed by atoms with Gasteiger partial charge in [-0.15, -0.1) is 24.0 Å². The van der Waals surface area contributed by atoms with Crippen molar-refractivity contribution in [1.82, 2.24) is 0 Å². The van der Waals surface area contributed by atoms with Gasteiger partial charge in [0.1, 0.15) is 0 Å². The number of guanidine groups is 1. The van der Waals surface area contributed by atoms with Crippen molar-refractivity contribution < 1.29 is 14.2 Å². The molecule has 0 spiro atoms. The molecule has 0 saturated heterocycles. The molecule has 0 bridgehead atoms. The first-order valence-corrected chi connectivity index (χ1v) is 8.63. The second kappa shape index (κ2) is 13.2. The summed E-state index contributed by atoms with van der Waals surface area (Å²) in [7, 11) is 3.19. The van der Waals surface area contributed by atoms with Crippen LogP contribution in [-0.2, 0) is 11.2 Å². The van der Waals surface area contributed by atoms with E-state index in [1.54, 1.807) is 14.2 Å². The fourth-order valence-electron chi connectivity index (χ4n) is 2.40. The van der Waals surface area contributed by atoms with Crippen molar-refractivity contribution in [2.45, 2.75) is 12.8 Å². The van der Waals surface area contributed by atoms with Crippen LogP contribution in [0.3, 0.4) is 0 Å². The van der Waals surface area contributed by atoms with Crippen LogP contribution in [0, 0.1) is 0 Å². The minimum atomic E-state index is 0. The SMILES string of the molecule is COc1ccc(NC(N)=NCCCOCCc2ccccc2)cc1OC.I. The monoisotopic (exact) mass is 485 g/mol. The summed E-state index contributed by atoms with van der Waals surface area (Å²) < 4.78 is 16.1. The third kappa shape index (κ3) is 8.49. The van der Waals surface area contributed by atoms with Crippen molar-refractivity contribution in [1.29, 1.82) is 0 Å². The molecule has 0 aliphatic heterocycles. The molecule has 2 aromatic rings. The highest BCUT2D eigenvalue weighted by atomic mass is 127. The van der Waals surface area contributed by atoms with E-state index in [2.05, 4.69) is 22.4 Å². The number of nitrogens with zero attached hydrogens (tertiary/aromatic N) is 1. The summed E-state index contributed by atoms with van der Waals surface area (Å²) in [6.45, 7) is 1.99. The van der Waals surface area contributed by atoms with Crippen molar-refractivity contribution in [2.75, 3.05) is 39.3 Å². The molecule has 0 radical (unpaired) electrons. The molecule has 7 heteroatoms. The van der Waals surface area contributed by atoms with Gasteiger partial charge in [-0.2, -0.15) is 0 Å². The highest BCUT2D eigenvalue weighted by Gasteiger charge is 2.04. The Bertz CT molecular complexity index is 696. The molecule has 0 fully saturated rings. The van der Waals surface area contributed by atoms with Gasteiger partial charge in [-0.25, -0.2) is 0 Å². The fraction of sp³-hybridized carbons (Fsp3) is 0.350. The van der Waals surface area contributed by atoms with Crippen LogP contribution in [0.25, 0.3) is 0 Å². The van der Waals surface area contributed by atoms with E-state index in [0.29, 0.717) is 37.2 Å². The number of methoxy groups -OCH3 is 2. The Morgan fingerprint density at radius 2 is 1.74 bits per heavy atom. The van der Waals surface area contributed by atoms with E-state index in [1.807, 2.05) is 36.4 Å². The fourth-order valence-corrected chi connectivity index (χ4v) is 2.40. The van der Waals surface area contributed by atoms with Crippen LogP contribution in [0.15, 0.2) is 53.5 Å². The highest BCUT2D eigenvalue weighted by Crippen LogP contribution is 2.29. The van der Waals surface area contributed by atoms with E-state index < -0.39 is 0 Å². The molecular formula is C20H28IN3O3. The highest BCUT2D eigenvalue weighted by molar-refractivity contribution is 14.0. The average molecular weight is 485 g/mol. The molecule has 2 aromatic carbocycles. The van der Waals surface area contributed by atoms with E-state index in [0.717, 1.165) is 18.5 Å². The van der Waals surface area contributed by atoms with Crippen LogP contribution in [0.2, 0.25) is 0 Å². The summed E-state index contributed by atoms with van der Waals surface area (Å²) in [6.07, 6.45) is 1.75. The number of hydrogen-bond donors (Lipinski definition) is 2. The van der Waals surface area contributed by atoms with Gasteiger partial charge in [-0.05, 0) is 30.5 Å². The largest absolute Gasteiger partial charge is 0.493 e. The summed E-state index contributed by atoms with van der Waals surface area (Å²) in [6, 6.07) is 15.8. The van der Waals surface area contributed by atoms with Gasteiger partial charge in [0.15, 0.2) is 17.5 Å². The molecule has 3 N–H and O–H groups in total. The van der Waals surface area contributed by atoms with Crippen LogP contribution >= 0.6 is 24.0 Å². The Hall–Kier alpha value is -2.00. The number of hydrogen-bond acceptors (Lipinski definition) is 4. The predicted molar refractivity (Wildman–Crippen MR) is 121 cm³/mol. The lowest BCUT2D eigenvalue weighted by Crippen LogP contribution is -2.23. The second-order valence-corrected chi connectivity index (χ2v) is 5.66. The van der Waals surface area contributed by atoms with Gasteiger partial charge < -0.3 is 25.3 Å². The lowest BCUT2D eigenvalue weighted by molar-refractivity contribution is 0.136. The van der Waals surface area contributed by atoms with Crippen LogP contribution < -0.4 is 20.5 Å². The van der Waals surface area contributed by atoms with Crippen LogP contribution in [0.5, 0.6) is 11.5 Å². The molecule has 0 atom stereocenters. The molecule has 2 rings (SSSR count). The summed E-state index contributed by atoms with van der Waals surface area (Å²) in [4.78, 5) is 4.30. The van der Waals surface area contributed by atoms with Crippen LogP contribution in [0.1, 0.15) is 12.0 Å². The Labute approximate surface area is 178 Å². The van der Waals surface area contributed by atoms with E-state index >= 15 is 0 Å². The molecule has 0 heterocycles. The standard InChI is InChI=1S/C20H27N3O3.HI/c1-24-18-10-9-17(15-19(18)25-2)23-20(21)22-12-6-13-26-14-11-16-7-4-3-5-8-16;/h3-5,7-10,15H,6,11-14H2,1-2H3,(H3,21,22,23);1H. The first-order chi connectivity index (χ1) is 12.7. The lowest BCUT2D eigenvalue weighted by Gasteiger charge is -2.11. The summed E-state index contributed by atoms with van der Waals surface area (Å²) in [5, 5.41) is 3.04. The third-order valence-corrected chi connectivity index (χ3v) is 3.76. The lowest BCUT2D eigenvalue weighted by atomic mass is 10.2. The molecule has 148 valence electrons. The van der Waals surface area contributed by atoms with Crippen molar-refractivity contribution >= 4 is 35.6 Å². The first kappa shape index (κ1) is 23.0. The number of nitrogens with one attached hydrogen (secondary N) is 1. The third-order valence-electron chi connectivity index (χ3n) is 3.76. The zero-order valence-corrected chi connectivity index (χ0v) is 18.1. The minimum absolute atomic E-state index is 0. The minimum Gasteiger partial charge on any atom is -0.493 e. The zero-order chi connectivity index (χ0) is 18.6. The van der Waals surface area contributed by atoms with Gasteiger partial charge >= 0.3 is 0 Å². The van der Waals surface area contributed by atoms with Gasteiger partial charge in [0.25, 0.3) is 0 Å². The number of anilines is 1. The topological polar surface area (TPSA) is 78.1 Å². The number of ether oxygens (including phenoxy) is 3. The molecule has 0 aliphatic carbocycles. The summed E-state index contributed by atoms with van der Waals surface area (Å²) in [5.74, 6) is 1.67. The number of aliphatic imine (C=N–C) groups is 1. The first-order valence-electron chi connectivity index (χ1n) is 8.63. The molecular weight excluding hydrogens is 457 g/mol. The van der Waals surface area contributed by atoms with Crippen LogP contribution in [0.4, 0.5) is 5.69 Å². The molecule has 0 saturated carbocycles. The number of halogens is 1. The smallest absolute Gasteiger partial charge is 0.193 e.